The molecule has 1 fully saturated rings. The predicted molar refractivity (Wildman–Crippen MR) is 72.3 cm³/mol. The van der Waals surface area contributed by atoms with Crippen molar-refractivity contribution in [1.29, 1.82) is 0 Å². The first-order chi connectivity index (χ1) is 8.02. The Morgan fingerprint density at radius 1 is 1.41 bits per heavy atom. The van der Waals surface area contributed by atoms with Gasteiger partial charge in [0.15, 0.2) is 0 Å². The first-order valence-electron chi connectivity index (χ1n) is 5.85. The number of halogens is 1. The maximum Gasteiger partial charge on any atom is 0.121 e. The summed E-state index contributed by atoms with van der Waals surface area (Å²) in [5, 5.41) is 4.27. The minimum atomic E-state index is 0.116. The molecule has 1 aromatic carbocycles. The van der Waals surface area contributed by atoms with E-state index in [2.05, 4.69) is 24.1 Å². The smallest absolute Gasteiger partial charge is 0.121 e. The van der Waals surface area contributed by atoms with Gasteiger partial charge in [0.25, 0.3) is 0 Å². The molecule has 1 N–H and O–H groups in total. The number of nitrogens with zero attached hydrogens (tertiary/aromatic N) is 1. The van der Waals surface area contributed by atoms with Crippen LogP contribution < -0.4 is 15.0 Å². The van der Waals surface area contributed by atoms with Crippen LogP contribution in [0.5, 0.6) is 5.75 Å². The zero-order valence-electron chi connectivity index (χ0n) is 10.6. The quantitative estimate of drug-likeness (QED) is 0.878. The van der Waals surface area contributed by atoms with Crippen molar-refractivity contribution in [3.8, 4) is 5.75 Å². The van der Waals surface area contributed by atoms with Crippen LogP contribution in [-0.2, 0) is 0 Å². The maximum absolute atomic E-state index is 6.26. The number of hydrogen-bond donors (Lipinski definition) is 1. The Morgan fingerprint density at radius 2 is 2.18 bits per heavy atom. The Bertz CT molecular complexity index is 406. The van der Waals surface area contributed by atoms with Crippen LogP contribution in [0.25, 0.3) is 0 Å². The number of methoxy groups -OCH3 is 1. The molecule has 0 unspecified atom stereocenters. The first-order valence-corrected chi connectivity index (χ1v) is 6.23. The first kappa shape index (κ1) is 12.5. The van der Waals surface area contributed by atoms with E-state index in [1.165, 1.54) is 0 Å². The maximum atomic E-state index is 6.26. The largest absolute Gasteiger partial charge is 0.497 e. The lowest BCUT2D eigenvalue weighted by molar-refractivity contribution is 0.352. The van der Waals surface area contributed by atoms with Crippen LogP contribution in [0.2, 0.25) is 5.02 Å². The van der Waals surface area contributed by atoms with Crippen LogP contribution in [0.3, 0.4) is 0 Å². The molecule has 1 aliphatic rings. The third-order valence-corrected chi connectivity index (χ3v) is 3.39. The summed E-state index contributed by atoms with van der Waals surface area (Å²) in [5.41, 5.74) is 1.17. The van der Waals surface area contributed by atoms with E-state index in [0.717, 1.165) is 36.1 Å². The van der Waals surface area contributed by atoms with Crippen molar-refractivity contribution in [2.24, 2.45) is 0 Å². The Morgan fingerprint density at radius 3 is 2.82 bits per heavy atom. The van der Waals surface area contributed by atoms with Crippen molar-refractivity contribution in [1.82, 2.24) is 5.32 Å². The van der Waals surface area contributed by atoms with Gasteiger partial charge in [-0.3, -0.25) is 0 Å². The van der Waals surface area contributed by atoms with Gasteiger partial charge in [-0.05, 0) is 26.0 Å². The molecule has 0 atom stereocenters. The lowest BCUT2D eigenvalue weighted by Gasteiger charge is -2.40. The van der Waals surface area contributed by atoms with Gasteiger partial charge in [0, 0.05) is 31.2 Å². The molecule has 17 heavy (non-hydrogen) atoms. The molecule has 0 bridgehead atoms. The molecule has 0 aromatic heterocycles. The highest BCUT2D eigenvalue weighted by Crippen LogP contribution is 2.31. The minimum absolute atomic E-state index is 0.116. The molecule has 1 heterocycles. The Kier molecular flexibility index (Phi) is 3.50. The van der Waals surface area contributed by atoms with Gasteiger partial charge in [0.2, 0.25) is 0 Å². The highest BCUT2D eigenvalue weighted by Gasteiger charge is 2.26. The normalized spacial score (nSPS) is 19.2. The highest BCUT2D eigenvalue weighted by atomic mass is 35.5. The molecule has 0 radical (unpaired) electrons. The van der Waals surface area contributed by atoms with Crippen LogP contribution in [0.1, 0.15) is 13.8 Å². The molecule has 0 spiro atoms. The van der Waals surface area contributed by atoms with E-state index in [-0.39, 0.29) is 5.54 Å². The molecule has 4 heteroatoms. The van der Waals surface area contributed by atoms with E-state index in [0.29, 0.717) is 0 Å². The lowest BCUT2D eigenvalue weighted by atomic mass is 10.0. The highest BCUT2D eigenvalue weighted by molar-refractivity contribution is 6.33. The second kappa shape index (κ2) is 4.75. The monoisotopic (exact) mass is 254 g/mol. The van der Waals surface area contributed by atoms with Crippen molar-refractivity contribution in [3.05, 3.63) is 23.2 Å². The molecule has 0 amide bonds. The number of nitrogens with one attached hydrogen (secondary N) is 1. The van der Waals surface area contributed by atoms with Gasteiger partial charge < -0.3 is 15.0 Å². The number of rotatable bonds is 2. The summed E-state index contributed by atoms with van der Waals surface area (Å²) in [7, 11) is 1.68. The number of hydrogen-bond acceptors (Lipinski definition) is 3. The number of benzene rings is 1. The van der Waals surface area contributed by atoms with Crippen LogP contribution in [0, 0.1) is 0 Å². The summed E-state index contributed by atoms with van der Waals surface area (Å²) in [6.45, 7) is 7.29. The van der Waals surface area contributed by atoms with Crippen molar-refractivity contribution in [2.45, 2.75) is 19.4 Å². The second-order valence-corrected chi connectivity index (χ2v) is 5.46. The van der Waals surface area contributed by atoms with Crippen molar-refractivity contribution >= 4 is 17.3 Å². The van der Waals surface area contributed by atoms with Gasteiger partial charge in [0.05, 0.1) is 17.8 Å². The van der Waals surface area contributed by atoms with Crippen molar-refractivity contribution in [3.63, 3.8) is 0 Å². The third-order valence-electron chi connectivity index (χ3n) is 3.07. The van der Waals surface area contributed by atoms with Gasteiger partial charge in [-0.15, -0.1) is 0 Å². The summed E-state index contributed by atoms with van der Waals surface area (Å²) in [6, 6.07) is 5.79. The van der Waals surface area contributed by atoms with Crippen LogP contribution in [-0.4, -0.2) is 32.3 Å². The summed E-state index contributed by atoms with van der Waals surface area (Å²) in [6.07, 6.45) is 0. The molecule has 1 saturated heterocycles. The molecule has 0 saturated carbocycles. The average Bonchev–Trinajstić information content (AvgIpc) is 2.28. The summed E-state index contributed by atoms with van der Waals surface area (Å²) in [4.78, 5) is 2.31. The third kappa shape index (κ3) is 2.85. The fourth-order valence-corrected chi connectivity index (χ4v) is 2.45. The van der Waals surface area contributed by atoms with Crippen molar-refractivity contribution in [2.75, 3.05) is 31.6 Å². The molecule has 2 rings (SSSR count). The number of piperazine rings is 1. The van der Waals surface area contributed by atoms with Gasteiger partial charge >= 0.3 is 0 Å². The molecule has 0 aliphatic carbocycles. The predicted octanol–water partition coefficient (Wildman–Crippen LogP) is 2.54. The summed E-state index contributed by atoms with van der Waals surface area (Å²) < 4.78 is 5.25. The zero-order valence-corrected chi connectivity index (χ0v) is 11.3. The molecule has 1 aliphatic heterocycles. The Balaban J connectivity index is 2.26. The van der Waals surface area contributed by atoms with Gasteiger partial charge in [-0.2, -0.15) is 0 Å². The van der Waals surface area contributed by atoms with E-state index in [1.54, 1.807) is 7.11 Å². The fourth-order valence-electron chi connectivity index (χ4n) is 2.21. The van der Waals surface area contributed by atoms with E-state index in [1.807, 2.05) is 18.2 Å². The molecule has 1 aromatic rings. The van der Waals surface area contributed by atoms with Crippen LogP contribution >= 0.6 is 11.6 Å². The topological polar surface area (TPSA) is 24.5 Å². The summed E-state index contributed by atoms with van der Waals surface area (Å²) in [5.74, 6) is 0.848. The molecular weight excluding hydrogens is 236 g/mol. The van der Waals surface area contributed by atoms with Gasteiger partial charge in [0.1, 0.15) is 5.75 Å². The number of anilines is 1. The lowest BCUT2D eigenvalue weighted by Crippen LogP contribution is -2.57. The Labute approximate surface area is 108 Å². The van der Waals surface area contributed by atoms with E-state index < -0.39 is 0 Å². The summed E-state index contributed by atoms with van der Waals surface area (Å²) >= 11 is 6.26. The second-order valence-electron chi connectivity index (χ2n) is 5.05. The molecular formula is C13H19ClN2O. The SMILES string of the molecule is COc1ccc(Cl)c(N2CCNC(C)(C)C2)c1. The van der Waals surface area contributed by atoms with E-state index in [4.69, 9.17) is 16.3 Å². The standard InChI is InChI=1S/C13H19ClN2O/c1-13(2)9-16(7-6-15-13)12-8-10(17-3)4-5-11(12)14/h4-5,8,15H,6-7,9H2,1-3H3. The van der Waals surface area contributed by atoms with Gasteiger partial charge in [-0.1, -0.05) is 11.6 Å². The average molecular weight is 255 g/mol. The molecule has 94 valence electrons. The van der Waals surface area contributed by atoms with Crippen molar-refractivity contribution < 1.29 is 4.74 Å². The van der Waals surface area contributed by atoms with Gasteiger partial charge in [-0.25, -0.2) is 0 Å². The minimum Gasteiger partial charge on any atom is -0.497 e. The van der Waals surface area contributed by atoms with Crippen LogP contribution in [0.15, 0.2) is 18.2 Å². The number of ether oxygens (including phenoxy) is 1. The Hall–Kier alpha value is -0.930. The van der Waals surface area contributed by atoms with Crippen LogP contribution in [0.4, 0.5) is 5.69 Å². The van der Waals surface area contributed by atoms with E-state index in [9.17, 15) is 0 Å². The fraction of sp³-hybridized carbons (Fsp3) is 0.538. The van der Waals surface area contributed by atoms with E-state index >= 15 is 0 Å². The zero-order chi connectivity index (χ0) is 12.5. The molecule has 3 nitrogen and oxygen atoms in total.